The van der Waals surface area contributed by atoms with Gasteiger partial charge < -0.3 is 20.3 Å². The van der Waals surface area contributed by atoms with Gasteiger partial charge in [-0.25, -0.2) is 0 Å². The van der Waals surface area contributed by atoms with Crippen molar-refractivity contribution in [2.24, 2.45) is 0 Å². The van der Waals surface area contributed by atoms with E-state index >= 15 is 0 Å². The van der Waals surface area contributed by atoms with Crippen molar-refractivity contribution in [3.05, 3.63) is 29.8 Å². The summed E-state index contributed by atoms with van der Waals surface area (Å²) in [4.78, 5) is 11.3. The minimum atomic E-state index is -1.01. The van der Waals surface area contributed by atoms with Gasteiger partial charge in [0, 0.05) is 6.42 Å². The van der Waals surface area contributed by atoms with E-state index in [2.05, 4.69) is 5.32 Å². The number of carboxylic acids is 1. The van der Waals surface area contributed by atoms with Gasteiger partial charge in [0.1, 0.15) is 11.3 Å². The Kier molecular flexibility index (Phi) is 5.98. The van der Waals surface area contributed by atoms with E-state index in [-0.39, 0.29) is 12.7 Å². The molecule has 0 saturated carbocycles. The largest absolute Gasteiger partial charge is 0.491 e. The van der Waals surface area contributed by atoms with Crippen LogP contribution in [0.1, 0.15) is 32.8 Å². The molecule has 0 saturated heterocycles. The van der Waals surface area contributed by atoms with Crippen molar-refractivity contribution in [2.75, 3.05) is 6.54 Å². The molecular formula is C15H23NO4. The number of aliphatic hydroxyl groups excluding tert-OH is 1. The lowest BCUT2D eigenvalue weighted by Crippen LogP contribution is -2.51. The number of likely N-dealkylation sites (N-methyl/N-ethyl adjacent to an activating group) is 1. The normalized spacial score (nSPS) is 15.4. The molecule has 5 heteroatoms. The Labute approximate surface area is 119 Å². The highest BCUT2D eigenvalue weighted by Crippen LogP contribution is 2.20. The lowest BCUT2D eigenvalue weighted by Gasteiger charge is -2.29. The van der Waals surface area contributed by atoms with Crippen LogP contribution in [0.5, 0.6) is 5.75 Å². The van der Waals surface area contributed by atoms with Crippen molar-refractivity contribution in [1.82, 2.24) is 5.32 Å². The van der Waals surface area contributed by atoms with Crippen molar-refractivity contribution in [3.63, 3.8) is 0 Å². The Bertz CT molecular complexity index is 449. The Hall–Kier alpha value is -1.59. The van der Waals surface area contributed by atoms with Crippen molar-refractivity contribution >= 4 is 5.97 Å². The van der Waals surface area contributed by atoms with Gasteiger partial charge in [-0.2, -0.15) is 0 Å². The maximum absolute atomic E-state index is 11.3. The first kappa shape index (κ1) is 16.5. The molecule has 112 valence electrons. The molecule has 20 heavy (non-hydrogen) atoms. The third-order valence-electron chi connectivity index (χ3n) is 3.15. The van der Waals surface area contributed by atoms with Gasteiger partial charge in [0.05, 0.1) is 12.7 Å². The zero-order valence-corrected chi connectivity index (χ0v) is 12.2. The summed E-state index contributed by atoms with van der Waals surface area (Å²) in [5.74, 6) is -0.257. The Morgan fingerprint density at radius 1 is 1.50 bits per heavy atom. The number of carboxylic acid groups (broad SMARTS) is 1. The maximum atomic E-state index is 11.3. The molecule has 0 fully saturated rings. The van der Waals surface area contributed by atoms with Crippen molar-refractivity contribution in [2.45, 2.75) is 45.4 Å². The number of benzene rings is 1. The molecule has 2 unspecified atom stereocenters. The lowest BCUT2D eigenvalue weighted by atomic mass is 9.95. The number of hydrogen-bond donors (Lipinski definition) is 3. The first-order chi connectivity index (χ1) is 9.41. The number of aliphatic hydroxyl groups is 1. The molecule has 0 heterocycles. The van der Waals surface area contributed by atoms with E-state index in [9.17, 15) is 9.90 Å². The van der Waals surface area contributed by atoms with Crippen LogP contribution in [0.25, 0.3) is 0 Å². The smallest absolute Gasteiger partial charge is 0.323 e. The molecule has 2 atom stereocenters. The van der Waals surface area contributed by atoms with Crippen LogP contribution in [0.2, 0.25) is 0 Å². The predicted octanol–water partition coefficient (Wildman–Crippen LogP) is 1.79. The van der Waals surface area contributed by atoms with Crippen LogP contribution < -0.4 is 10.1 Å². The average Bonchev–Trinajstić information content (AvgIpc) is 2.38. The third-order valence-corrected chi connectivity index (χ3v) is 3.15. The fraction of sp³-hybridized carbons (Fsp3) is 0.533. The van der Waals surface area contributed by atoms with Crippen LogP contribution >= 0.6 is 0 Å². The van der Waals surface area contributed by atoms with Crippen LogP contribution in [-0.4, -0.2) is 34.4 Å². The minimum Gasteiger partial charge on any atom is -0.491 e. The summed E-state index contributed by atoms with van der Waals surface area (Å²) >= 11 is 0. The van der Waals surface area contributed by atoms with Crippen molar-refractivity contribution in [3.8, 4) is 5.75 Å². The van der Waals surface area contributed by atoms with Crippen LogP contribution in [-0.2, 0) is 11.4 Å². The highest BCUT2D eigenvalue weighted by molar-refractivity contribution is 5.78. The maximum Gasteiger partial charge on any atom is 0.323 e. The molecule has 0 radical (unpaired) electrons. The van der Waals surface area contributed by atoms with Crippen LogP contribution in [0, 0.1) is 0 Å². The van der Waals surface area contributed by atoms with Gasteiger partial charge in [0.25, 0.3) is 0 Å². The Morgan fingerprint density at radius 2 is 2.20 bits per heavy atom. The number of aliphatic carboxylic acids is 1. The molecule has 0 aliphatic rings. The summed E-state index contributed by atoms with van der Waals surface area (Å²) in [5, 5.41) is 21.4. The van der Waals surface area contributed by atoms with Gasteiger partial charge in [-0.15, -0.1) is 0 Å². The third kappa shape index (κ3) is 4.51. The summed E-state index contributed by atoms with van der Waals surface area (Å²) in [6.45, 7) is 5.90. The molecule has 1 aromatic carbocycles. The lowest BCUT2D eigenvalue weighted by molar-refractivity contribution is -0.145. The minimum absolute atomic E-state index is 0.0458. The second-order valence-electron chi connectivity index (χ2n) is 5.11. The standard InChI is InChI=1S/C15H23NO4/c1-4-16-15(3,14(18)19)9-11(2)20-13-7-5-6-12(8-13)10-17/h5-8,11,16-17H,4,9-10H2,1-3H3,(H,18,19). The van der Waals surface area contributed by atoms with E-state index in [1.165, 1.54) is 0 Å². The molecule has 0 amide bonds. The summed E-state index contributed by atoms with van der Waals surface area (Å²) in [5.41, 5.74) is -0.245. The van der Waals surface area contributed by atoms with Crippen LogP contribution in [0.3, 0.4) is 0 Å². The molecule has 3 N–H and O–H groups in total. The number of nitrogens with one attached hydrogen (secondary N) is 1. The SMILES string of the molecule is CCNC(C)(CC(C)Oc1cccc(CO)c1)C(=O)O. The first-order valence-electron chi connectivity index (χ1n) is 6.76. The topological polar surface area (TPSA) is 78.8 Å². The molecule has 1 aromatic rings. The molecule has 5 nitrogen and oxygen atoms in total. The average molecular weight is 281 g/mol. The molecule has 0 aliphatic heterocycles. The van der Waals surface area contributed by atoms with E-state index in [1.807, 2.05) is 13.8 Å². The quantitative estimate of drug-likeness (QED) is 0.677. The van der Waals surface area contributed by atoms with Crippen LogP contribution in [0.15, 0.2) is 24.3 Å². The molecule has 1 rings (SSSR count). The fourth-order valence-electron chi connectivity index (χ4n) is 2.19. The van der Waals surface area contributed by atoms with E-state index in [4.69, 9.17) is 9.84 Å². The van der Waals surface area contributed by atoms with Crippen LogP contribution in [0.4, 0.5) is 0 Å². The van der Waals surface area contributed by atoms with Gasteiger partial charge in [-0.05, 0) is 38.1 Å². The fourth-order valence-corrected chi connectivity index (χ4v) is 2.19. The van der Waals surface area contributed by atoms with E-state index in [0.29, 0.717) is 18.7 Å². The van der Waals surface area contributed by atoms with Gasteiger partial charge in [0.15, 0.2) is 0 Å². The molecule has 0 spiro atoms. The van der Waals surface area contributed by atoms with E-state index in [1.54, 1.807) is 31.2 Å². The Balaban J connectivity index is 2.70. The van der Waals surface area contributed by atoms with Gasteiger partial charge in [-0.1, -0.05) is 19.1 Å². The summed E-state index contributed by atoms with van der Waals surface area (Å²) in [6, 6.07) is 7.15. The zero-order chi connectivity index (χ0) is 15.2. The number of rotatable bonds is 8. The van der Waals surface area contributed by atoms with E-state index < -0.39 is 11.5 Å². The number of hydrogen-bond acceptors (Lipinski definition) is 4. The molecule has 0 aliphatic carbocycles. The Morgan fingerprint density at radius 3 is 2.75 bits per heavy atom. The van der Waals surface area contributed by atoms with Crippen molar-refractivity contribution < 1.29 is 19.7 Å². The van der Waals surface area contributed by atoms with E-state index in [0.717, 1.165) is 5.56 Å². The molecule has 0 aromatic heterocycles. The van der Waals surface area contributed by atoms with Gasteiger partial charge >= 0.3 is 5.97 Å². The highest BCUT2D eigenvalue weighted by atomic mass is 16.5. The number of carbonyl (C=O) groups is 1. The van der Waals surface area contributed by atoms with Gasteiger partial charge in [0.2, 0.25) is 0 Å². The first-order valence-corrected chi connectivity index (χ1v) is 6.76. The summed E-state index contributed by atoms with van der Waals surface area (Å²) in [7, 11) is 0. The summed E-state index contributed by atoms with van der Waals surface area (Å²) in [6.07, 6.45) is 0.0867. The summed E-state index contributed by atoms with van der Waals surface area (Å²) < 4.78 is 5.73. The second-order valence-corrected chi connectivity index (χ2v) is 5.11. The monoisotopic (exact) mass is 281 g/mol. The molecular weight excluding hydrogens is 258 g/mol. The second kappa shape index (κ2) is 7.26. The predicted molar refractivity (Wildman–Crippen MR) is 76.8 cm³/mol. The van der Waals surface area contributed by atoms with Gasteiger partial charge in [-0.3, -0.25) is 4.79 Å². The highest BCUT2D eigenvalue weighted by Gasteiger charge is 2.34. The zero-order valence-electron chi connectivity index (χ0n) is 12.2. The number of ether oxygens (including phenoxy) is 1. The molecule has 0 bridgehead atoms. The van der Waals surface area contributed by atoms with Crippen molar-refractivity contribution in [1.29, 1.82) is 0 Å².